The molecule has 2 amide bonds. The highest BCUT2D eigenvalue weighted by Crippen LogP contribution is 2.37. The van der Waals surface area contributed by atoms with Gasteiger partial charge in [-0.1, -0.05) is 60.1 Å². The zero-order valence-corrected chi connectivity index (χ0v) is 29.9. The second kappa shape index (κ2) is 19.8. The zero-order valence-electron chi connectivity index (χ0n) is 29.1. The maximum absolute atomic E-state index is 13.2. The van der Waals surface area contributed by atoms with Gasteiger partial charge in [0.1, 0.15) is 11.5 Å². The number of thioether (sulfide) groups is 1. The van der Waals surface area contributed by atoms with E-state index in [1.54, 1.807) is 55.1 Å². The van der Waals surface area contributed by atoms with E-state index >= 15 is 0 Å². The number of ether oxygens (including phenoxy) is 1. The van der Waals surface area contributed by atoms with Crippen LogP contribution in [0.15, 0.2) is 90.1 Å². The van der Waals surface area contributed by atoms with E-state index in [9.17, 15) is 14.7 Å². The molecule has 1 aromatic heterocycles. The molecule has 5 rings (SSSR count). The predicted octanol–water partition coefficient (Wildman–Crippen LogP) is 5.43. The third kappa shape index (κ3) is 11.0. The van der Waals surface area contributed by atoms with Crippen molar-refractivity contribution in [1.82, 2.24) is 20.2 Å². The number of aromatic hydroxyl groups is 1. The first-order valence-corrected chi connectivity index (χ1v) is 16.9. The van der Waals surface area contributed by atoms with E-state index in [-0.39, 0.29) is 11.4 Å². The summed E-state index contributed by atoms with van der Waals surface area (Å²) in [4.78, 5) is 26.9. The van der Waals surface area contributed by atoms with E-state index in [1.807, 2.05) is 42.5 Å². The number of amides is 2. The van der Waals surface area contributed by atoms with Crippen molar-refractivity contribution in [2.45, 2.75) is 17.8 Å². The van der Waals surface area contributed by atoms with Gasteiger partial charge in [0, 0.05) is 29.5 Å². The standard InChI is InChI=1S/C44H24N6O4S/c1-3-4-5-6-7-8-9-10-11-12-13-14-15-16-20-26-41(51)45-39-32-31-37-38(42(39)52)24-21-25-40(37)49(2)44(53)54-36-29-27-34(28-30-36)33-55-43-46-47-48-50(43)35-22-18-17-19-23-35/h17-19,21-25,27-32,52H,33H2,1-2H3,(H,45,51). The van der Waals surface area contributed by atoms with Crippen molar-refractivity contribution in [3.8, 4) is 112 Å². The number of rotatable bonds is 7. The number of hydrogen-bond donors (Lipinski definition) is 2. The summed E-state index contributed by atoms with van der Waals surface area (Å²) in [5.41, 5.74) is 2.44. The number of nitrogens with one attached hydrogen (secondary N) is 1. The van der Waals surface area contributed by atoms with Crippen LogP contribution in [0.2, 0.25) is 0 Å². The quantitative estimate of drug-likeness (QED) is 0.129. The molecule has 0 saturated heterocycles. The van der Waals surface area contributed by atoms with Crippen molar-refractivity contribution in [1.29, 1.82) is 0 Å². The molecule has 1 heterocycles. The molecule has 10 nitrogen and oxygen atoms in total. The second-order valence-electron chi connectivity index (χ2n) is 10.5. The van der Waals surface area contributed by atoms with E-state index < -0.39 is 12.0 Å². The molecule has 0 atom stereocenters. The fraction of sp³-hybridized carbons (Fsp3) is 0.0682. The Hall–Kier alpha value is -8.42. The number of tetrazole rings is 1. The maximum Gasteiger partial charge on any atom is 0.419 e. The number of carbonyl (C=O) groups excluding carboxylic acids is 2. The van der Waals surface area contributed by atoms with Crippen molar-refractivity contribution < 1.29 is 19.4 Å². The Morgan fingerprint density at radius 1 is 0.764 bits per heavy atom. The summed E-state index contributed by atoms with van der Waals surface area (Å²) < 4.78 is 7.31. The molecule has 4 aromatic carbocycles. The van der Waals surface area contributed by atoms with Crippen molar-refractivity contribution in [2.75, 3.05) is 17.3 Å². The van der Waals surface area contributed by atoms with Gasteiger partial charge in [0.05, 0.1) is 17.1 Å². The van der Waals surface area contributed by atoms with Crippen LogP contribution in [0.25, 0.3) is 16.5 Å². The summed E-state index contributed by atoms with van der Waals surface area (Å²) in [6, 6.07) is 25.0. The minimum atomic E-state index is -0.701. The maximum atomic E-state index is 13.2. The molecule has 0 radical (unpaired) electrons. The fourth-order valence-corrected chi connectivity index (χ4v) is 5.31. The van der Waals surface area contributed by atoms with Crippen LogP contribution in [0.3, 0.4) is 0 Å². The van der Waals surface area contributed by atoms with Gasteiger partial charge in [-0.05, 0) is 148 Å². The highest BCUT2D eigenvalue weighted by Gasteiger charge is 2.18. The molecule has 260 valence electrons. The molecule has 0 aliphatic carbocycles. The predicted molar refractivity (Wildman–Crippen MR) is 212 cm³/mol. The molecule has 0 saturated carbocycles. The number of anilines is 2. The number of para-hydroxylation sites is 1. The SMILES string of the molecule is CC#CC#CC#CC#CC#CC#CC#CC#CC(=O)Nc1ccc2c(N(C)C(=O)Oc3ccc(CSc4nnnn4-c4ccccc4)cc3)cccc2c1O. The van der Waals surface area contributed by atoms with E-state index in [1.165, 1.54) is 22.7 Å². The molecule has 11 heteroatoms. The lowest BCUT2D eigenvalue weighted by atomic mass is 10.1. The molecule has 0 aliphatic heterocycles. The highest BCUT2D eigenvalue weighted by atomic mass is 32.2. The van der Waals surface area contributed by atoms with Crippen LogP contribution in [-0.4, -0.2) is 44.4 Å². The molecule has 0 spiro atoms. The third-order valence-electron chi connectivity index (χ3n) is 6.95. The Morgan fingerprint density at radius 2 is 1.40 bits per heavy atom. The van der Waals surface area contributed by atoms with Gasteiger partial charge in [-0.25, -0.2) is 4.79 Å². The fourth-order valence-electron chi connectivity index (χ4n) is 4.47. The molecule has 0 bridgehead atoms. The Kier molecular flexibility index (Phi) is 13.6. The summed E-state index contributed by atoms with van der Waals surface area (Å²) in [5.74, 6) is 39.8. The van der Waals surface area contributed by atoms with Crippen LogP contribution < -0.4 is 15.0 Å². The Bertz CT molecular complexity index is 2790. The van der Waals surface area contributed by atoms with Gasteiger partial charge in [0.25, 0.3) is 0 Å². The Balaban J connectivity index is 1.15. The zero-order chi connectivity index (χ0) is 38.7. The summed E-state index contributed by atoms with van der Waals surface area (Å²) in [7, 11) is 1.56. The number of aromatic nitrogens is 4. The minimum Gasteiger partial charge on any atom is -0.505 e. The van der Waals surface area contributed by atoms with Gasteiger partial charge in [-0.15, -0.1) is 5.10 Å². The number of phenols is 1. The summed E-state index contributed by atoms with van der Waals surface area (Å²) >= 11 is 1.48. The average Bonchev–Trinajstić information content (AvgIpc) is 3.69. The van der Waals surface area contributed by atoms with Gasteiger partial charge in [-0.2, -0.15) is 4.68 Å². The highest BCUT2D eigenvalue weighted by molar-refractivity contribution is 7.98. The monoisotopic (exact) mass is 732 g/mol. The second-order valence-corrected chi connectivity index (χ2v) is 11.4. The topological polar surface area (TPSA) is 122 Å². The van der Waals surface area contributed by atoms with Crippen molar-refractivity contribution in [2.24, 2.45) is 0 Å². The van der Waals surface area contributed by atoms with Gasteiger partial charge < -0.3 is 15.2 Å². The van der Waals surface area contributed by atoms with Crippen molar-refractivity contribution in [3.05, 3.63) is 90.5 Å². The molecular weight excluding hydrogens is 709 g/mol. The Labute approximate surface area is 322 Å². The van der Waals surface area contributed by atoms with Gasteiger partial charge in [0.15, 0.2) is 0 Å². The van der Waals surface area contributed by atoms with E-state index in [0.29, 0.717) is 33.1 Å². The smallest absolute Gasteiger partial charge is 0.419 e. The van der Waals surface area contributed by atoms with Crippen molar-refractivity contribution >= 4 is 45.9 Å². The first-order chi connectivity index (χ1) is 26.9. The summed E-state index contributed by atoms with van der Waals surface area (Å²) in [6.45, 7) is 1.68. The number of nitrogens with zero attached hydrogens (tertiary/aromatic N) is 5. The number of benzene rings is 4. The van der Waals surface area contributed by atoms with Crippen LogP contribution in [0.1, 0.15) is 12.5 Å². The molecule has 0 fully saturated rings. The van der Waals surface area contributed by atoms with Gasteiger partial charge in [-0.3, -0.25) is 9.69 Å². The number of fused-ring (bicyclic) bond motifs is 1. The van der Waals surface area contributed by atoms with Crippen molar-refractivity contribution in [3.63, 3.8) is 0 Å². The third-order valence-corrected chi connectivity index (χ3v) is 7.94. The van der Waals surface area contributed by atoms with E-state index in [2.05, 4.69) is 116 Å². The number of hydrogen-bond acceptors (Lipinski definition) is 8. The normalized spacial score (nSPS) is 8.84. The molecule has 0 unspecified atom stereocenters. The van der Waals surface area contributed by atoms with Crippen LogP contribution in [0.4, 0.5) is 16.2 Å². The van der Waals surface area contributed by atoms with Crippen LogP contribution in [0.5, 0.6) is 11.5 Å². The largest absolute Gasteiger partial charge is 0.505 e. The summed E-state index contributed by atoms with van der Waals surface area (Å²) in [5, 5.41) is 27.1. The lowest BCUT2D eigenvalue weighted by Crippen LogP contribution is -2.29. The lowest BCUT2D eigenvalue weighted by Gasteiger charge is -2.20. The molecular formula is C44H24N6O4S. The average molecular weight is 733 g/mol. The lowest BCUT2D eigenvalue weighted by molar-refractivity contribution is -0.111. The first kappa shape index (κ1) is 37.8. The molecule has 5 aromatic rings. The molecule has 2 N–H and O–H groups in total. The van der Waals surface area contributed by atoms with Crippen LogP contribution in [0, 0.1) is 94.7 Å². The Morgan fingerprint density at radius 3 is 2.05 bits per heavy atom. The van der Waals surface area contributed by atoms with Crippen LogP contribution in [-0.2, 0) is 10.5 Å². The summed E-state index contributed by atoms with van der Waals surface area (Å²) in [6.07, 6.45) is -0.638. The van der Waals surface area contributed by atoms with Crippen LogP contribution >= 0.6 is 11.8 Å². The minimum absolute atomic E-state index is 0.125. The first-order valence-electron chi connectivity index (χ1n) is 15.9. The molecule has 0 aliphatic rings. The molecule has 55 heavy (non-hydrogen) atoms. The van der Waals surface area contributed by atoms with Gasteiger partial charge in [0.2, 0.25) is 5.16 Å². The number of phenolic OH excluding ortho intramolecular Hbond substituents is 1. The van der Waals surface area contributed by atoms with Gasteiger partial charge >= 0.3 is 12.0 Å². The van der Waals surface area contributed by atoms with E-state index in [4.69, 9.17) is 4.74 Å². The van der Waals surface area contributed by atoms with E-state index in [0.717, 1.165) is 11.3 Å². The number of carbonyl (C=O) groups is 2.